The zero-order valence-corrected chi connectivity index (χ0v) is 14.5. The van der Waals surface area contributed by atoms with Gasteiger partial charge in [0.15, 0.2) is 0 Å². The molecule has 2 amide bonds. The second-order valence-electron chi connectivity index (χ2n) is 6.56. The molecule has 1 N–H and O–H groups in total. The number of rotatable bonds is 6. The summed E-state index contributed by atoms with van der Waals surface area (Å²) in [6.07, 6.45) is 2.40. The average Bonchev–Trinajstić information content (AvgIpc) is 3.45. The van der Waals surface area contributed by atoms with Crippen LogP contribution in [0.4, 0.5) is 14.9 Å². The first-order chi connectivity index (χ1) is 12.0. The molecule has 132 valence electrons. The van der Waals surface area contributed by atoms with Crippen molar-refractivity contribution in [2.45, 2.75) is 32.4 Å². The topological polar surface area (TPSA) is 41.6 Å². The van der Waals surface area contributed by atoms with E-state index in [9.17, 15) is 9.18 Å². The summed E-state index contributed by atoms with van der Waals surface area (Å²) in [4.78, 5) is 14.1. The minimum absolute atomic E-state index is 0.116. The second kappa shape index (κ2) is 7.55. The molecule has 2 aromatic carbocycles. The maximum absolute atomic E-state index is 12.9. The van der Waals surface area contributed by atoms with Crippen molar-refractivity contribution >= 4 is 11.7 Å². The van der Waals surface area contributed by atoms with Gasteiger partial charge in [0.05, 0.1) is 0 Å². The highest BCUT2D eigenvalue weighted by atomic mass is 19.1. The smallest absolute Gasteiger partial charge is 0.321 e. The van der Waals surface area contributed by atoms with Crippen molar-refractivity contribution < 1.29 is 13.9 Å². The van der Waals surface area contributed by atoms with Crippen molar-refractivity contribution in [2.75, 3.05) is 12.4 Å². The summed E-state index contributed by atoms with van der Waals surface area (Å²) < 4.78 is 18.6. The molecule has 0 bridgehead atoms. The van der Waals surface area contributed by atoms with E-state index in [1.54, 1.807) is 23.1 Å². The predicted octanol–water partition coefficient (Wildman–Crippen LogP) is 4.67. The second-order valence-corrected chi connectivity index (χ2v) is 6.56. The van der Waals surface area contributed by atoms with Gasteiger partial charge in [0.25, 0.3) is 0 Å². The van der Waals surface area contributed by atoms with Crippen LogP contribution >= 0.6 is 0 Å². The minimum Gasteiger partial charge on any atom is -0.489 e. The third-order valence-electron chi connectivity index (χ3n) is 4.64. The molecule has 0 unspecified atom stereocenters. The number of ether oxygens (including phenoxy) is 1. The van der Waals surface area contributed by atoms with E-state index in [2.05, 4.69) is 12.2 Å². The Kier molecular flexibility index (Phi) is 5.22. The lowest BCUT2D eigenvalue weighted by atomic mass is 10.2. The lowest BCUT2D eigenvalue weighted by molar-refractivity contribution is 0.201. The molecular formula is C20H23FN2O2. The van der Waals surface area contributed by atoms with E-state index in [-0.39, 0.29) is 17.9 Å². The first-order valence-corrected chi connectivity index (χ1v) is 8.54. The Labute approximate surface area is 147 Å². The largest absolute Gasteiger partial charge is 0.489 e. The molecule has 1 saturated carbocycles. The highest BCUT2D eigenvalue weighted by Gasteiger charge is 2.32. The fraction of sp³-hybridized carbons (Fsp3) is 0.350. The molecule has 4 nitrogen and oxygen atoms in total. The molecule has 0 radical (unpaired) electrons. The van der Waals surface area contributed by atoms with Crippen LogP contribution in [0.3, 0.4) is 0 Å². The predicted molar refractivity (Wildman–Crippen MR) is 96.1 cm³/mol. The van der Waals surface area contributed by atoms with Gasteiger partial charge >= 0.3 is 6.03 Å². The van der Waals surface area contributed by atoms with E-state index >= 15 is 0 Å². The number of carbonyl (C=O) groups is 1. The molecule has 1 atom stereocenters. The van der Waals surface area contributed by atoms with Crippen LogP contribution in [0.2, 0.25) is 0 Å². The van der Waals surface area contributed by atoms with Gasteiger partial charge < -0.3 is 15.0 Å². The molecule has 2 aromatic rings. The first-order valence-electron chi connectivity index (χ1n) is 8.54. The van der Waals surface area contributed by atoms with Crippen molar-refractivity contribution in [1.29, 1.82) is 0 Å². The molecule has 0 saturated heterocycles. The molecule has 0 spiro atoms. The van der Waals surface area contributed by atoms with Gasteiger partial charge in [-0.3, -0.25) is 0 Å². The van der Waals surface area contributed by atoms with Crippen molar-refractivity contribution in [2.24, 2.45) is 5.92 Å². The van der Waals surface area contributed by atoms with Crippen LogP contribution in [0.25, 0.3) is 0 Å². The summed E-state index contributed by atoms with van der Waals surface area (Å²) in [6.45, 7) is 2.43. The number of benzene rings is 2. The van der Waals surface area contributed by atoms with Crippen LogP contribution in [0.15, 0.2) is 48.5 Å². The van der Waals surface area contributed by atoms with E-state index in [0.29, 0.717) is 24.0 Å². The Morgan fingerprint density at radius 3 is 2.68 bits per heavy atom. The maximum atomic E-state index is 12.9. The first kappa shape index (κ1) is 17.3. The Hall–Kier alpha value is -2.56. The van der Waals surface area contributed by atoms with Gasteiger partial charge in [-0.25, -0.2) is 9.18 Å². The quantitative estimate of drug-likeness (QED) is 0.829. The molecule has 1 aliphatic carbocycles. The van der Waals surface area contributed by atoms with Crippen LogP contribution in [0.5, 0.6) is 5.75 Å². The van der Waals surface area contributed by atoms with Crippen molar-refractivity contribution in [3.63, 3.8) is 0 Å². The van der Waals surface area contributed by atoms with Crippen LogP contribution in [-0.2, 0) is 6.61 Å². The van der Waals surface area contributed by atoms with Crippen molar-refractivity contribution in [3.05, 3.63) is 59.9 Å². The number of carbonyl (C=O) groups excluding carboxylic acids is 1. The summed E-state index contributed by atoms with van der Waals surface area (Å²) in [5.74, 6) is 1.01. The number of nitrogens with zero attached hydrogens (tertiary/aromatic N) is 1. The van der Waals surface area contributed by atoms with Crippen LogP contribution < -0.4 is 10.1 Å². The molecule has 5 heteroatoms. The maximum Gasteiger partial charge on any atom is 0.321 e. The lowest BCUT2D eigenvalue weighted by Gasteiger charge is -2.25. The Bertz CT molecular complexity index is 729. The number of nitrogens with one attached hydrogen (secondary N) is 1. The molecule has 3 rings (SSSR count). The van der Waals surface area contributed by atoms with Crippen LogP contribution in [0.1, 0.15) is 25.3 Å². The summed E-state index contributed by atoms with van der Waals surface area (Å²) in [7, 11) is 1.83. The zero-order chi connectivity index (χ0) is 17.8. The van der Waals surface area contributed by atoms with Gasteiger partial charge in [0.2, 0.25) is 0 Å². The van der Waals surface area contributed by atoms with Gasteiger partial charge in [0.1, 0.15) is 18.2 Å². The number of hydrogen-bond acceptors (Lipinski definition) is 2. The fourth-order valence-corrected chi connectivity index (χ4v) is 2.70. The molecule has 25 heavy (non-hydrogen) atoms. The highest BCUT2D eigenvalue weighted by Crippen LogP contribution is 2.34. The normalized spacial score (nSPS) is 14.7. The van der Waals surface area contributed by atoms with E-state index in [4.69, 9.17) is 4.74 Å². The molecule has 0 aromatic heterocycles. The van der Waals surface area contributed by atoms with E-state index in [0.717, 1.165) is 5.56 Å². The highest BCUT2D eigenvalue weighted by molar-refractivity contribution is 5.89. The molecule has 1 fully saturated rings. The summed E-state index contributed by atoms with van der Waals surface area (Å²) >= 11 is 0. The van der Waals surface area contributed by atoms with E-state index < -0.39 is 0 Å². The van der Waals surface area contributed by atoms with Crippen molar-refractivity contribution in [3.8, 4) is 5.75 Å². The molecule has 1 aliphatic rings. The minimum atomic E-state index is -0.266. The van der Waals surface area contributed by atoms with Gasteiger partial charge in [-0.1, -0.05) is 18.2 Å². The fourth-order valence-electron chi connectivity index (χ4n) is 2.70. The Balaban J connectivity index is 1.57. The Morgan fingerprint density at radius 2 is 2.00 bits per heavy atom. The molecule has 0 aliphatic heterocycles. The SMILES string of the molecule is C[C@@H](C1CC1)N(C)C(=O)Nc1cccc(OCc2ccc(F)cc2)c1. The number of urea groups is 1. The van der Waals surface area contributed by atoms with Gasteiger partial charge in [-0.15, -0.1) is 0 Å². The monoisotopic (exact) mass is 342 g/mol. The zero-order valence-electron chi connectivity index (χ0n) is 14.5. The third kappa shape index (κ3) is 4.72. The average molecular weight is 342 g/mol. The number of halogens is 1. The number of anilines is 1. The van der Waals surface area contributed by atoms with Crippen LogP contribution in [0, 0.1) is 11.7 Å². The van der Waals surface area contributed by atoms with Crippen LogP contribution in [-0.4, -0.2) is 24.0 Å². The van der Waals surface area contributed by atoms with Gasteiger partial charge in [-0.05, 0) is 55.5 Å². The lowest BCUT2D eigenvalue weighted by Crippen LogP contribution is -2.39. The van der Waals surface area contributed by atoms with E-state index in [1.165, 1.54) is 25.0 Å². The third-order valence-corrected chi connectivity index (χ3v) is 4.64. The summed E-state index contributed by atoms with van der Waals surface area (Å²) in [6, 6.07) is 13.6. The molecular weight excluding hydrogens is 319 g/mol. The summed E-state index contributed by atoms with van der Waals surface area (Å²) in [5.41, 5.74) is 1.57. The number of amides is 2. The summed E-state index contributed by atoms with van der Waals surface area (Å²) in [5, 5.41) is 2.91. The van der Waals surface area contributed by atoms with Crippen molar-refractivity contribution in [1.82, 2.24) is 4.90 Å². The Morgan fingerprint density at radius 1 is 1.28 bits per heavy atom. The van der Waals surface area contributed by atoms with Gasteiger partial charge in [-0.2, -0.15) is 0 Å². The molecule has 0 heterocycles. The van der Waals surface area contributed by atoms with Gasteiger partial charge in [0, 0.05) is 24.8 Å². The number of hydrogen-bond donors (Lipinski definition) is 1. The van der Waals surface area contributed by atoms with E-state index in [1.807, 2.05) is 25.2 Å². The standard InChI is InChI=1S/C20H23FN2O2/c1-14(16-8-9-16)23(2)20(24)22-18-4-3-5-19(12-18)25-13-15-6-10-17(21)11-7-15/h3-7,10-12,14,16H,8-9,13H2,1-2H3,(H,22,24)/t14-/m0/s1.